The number of alkyl halides is 3. The SMILES string of the molecule is O=C(/C=C\Nc1ccc(OC(F)(F)F)cc1)c1cccc2ccccc12. The van der Waals surface area contributed by atoms with Crippen LogP contribution < -0.4 is 10.1 Å². The molecule has 0 spiro atoms. The average molecular weight is 357 g/mol. The van der Waals surface area contributed by atoms with Gasteiger partial charge in [0.1, 0.15) is 5.75 Å². The van der Waals surface area contributed by atoms with Gasteiger partial charge >= 0.3 is 6.36 Å². The van der Waals surface area contributed by atoms with Gasteiger partial charge in [-0.15, -0.1) is 13.2 Å². The van der Waals surface area contributed by atoms with Crippen LogP contribution in [0.2, 0.25) is 0 Å². The lowest BCUT2D eigenvalue weighted by molar-refractivity contribution is -0.274. The van der Waals surface area contributed by atoms with Crippen LogP contribution in [-0.2, 0) is 0 Å². The second-order valence-electron chi connectivity index (χ2n) is 5.44. The molecule has 0 unspecified atom stereocenters. The second kappa shape index (κ2) is 7.31. The Morgan fingerprint density at radius 3 is 2.35 bits per heavy atom. The van der Waals surface area contributed by atoms with E-state index in [1.54, 1.807) is 6.07 Å². The number of nitrogens with one attached hydrogen (secondary N) is 1. The molecule has 0 aliphatic carbocycles. The number of halogens is 3. The number of allylic oxidation sites excluding steroid dienone is 1. The Balaban J connectivity index is 1.67. The number of hydrogen-bond acceptors (Lipinski definition) is 3. The van der Waals surface area contributed by atoms with Crippen molar-refractivity contribution in [2.45, 2.75) is 6.36 Å². The predicted molar refractivity (Wildman–Crippen MR) is 94.2 cm³/mol. The summed E-state index contributed by atoms with van der Waals surface area (Å²) >= 11 is 0. The van der Waals surface area contributed by atoms with E-state index in [1.807, 2.05) is 36.4 Å². The van der Waals surface area contributed by atoms with E-state index in [-0.39, 0.29) is 11.5 Å². The lowest BCUT2D eigenvalue weighted by Gasteiger charge is -2.09. The summed E-state index contributed by atoms with van der Waals surface area (Å²) in [6.07, 6.45) is -1.90. The largest absolute Gasteiger partial charge is 0.573 e. The normalized spacial score (nSPS) is 11.7. The summed E-state index contributed by atoms with van der Waals surface area (Å²) in [5, 5.41) is 4.68. The van der Waals surface area contributed by atoms with E-state index in [1.165, 1.54) is 36.5 Å². The number of carbonyl (C=O) groups excluding carboxylic acids is 1. The van der Waals surface area contributed by atoms with Crippen molar-refractivity contribution in [3.05, 3.63) is 84.6 Å². The van der Waals surface area contributed by atoms with Crippen LogP contribution in [0.25, 0.3) is 10.8 Å². The molecule has 0 fully saturated rings. The summed E-state index contributed by atoms with van der Waals surface area (Å²) in [6, 6.07) is 18.3. The number of fused-ring (bicyclic) bond motifs is 1. The zero-order valence-electron chi connectivity index (χ0n) is 13.5. The highest BCUT2D eigenvalue weighted by atomic mass is 19.4. The molecule has 1 N–H and O–H groups in total. The summed E-state index contributed by atoms with van der Waals surface area (Å²) in [7, 11) is 0. The van der Waals surface area contributed by atoms with Gasteiger partial charge in [0, 0.05) is 23.5 Å². The molecule has 0 radical (unpaired) electrons. The second-order valence-corrected chi connectivity index (χ2v) is 5.44. The van der Waals surface area contributed by atoms with Gasteiger partial charge in [0.05, 0.1) is 0 Å². The number of benzene rings is 3. The van der Waals surface area contributed by atoms with Crippen molar-refractivity contribution in [3.63, 3.8) is 0 Å². The standard InChI is InChI=1S/C20H14F3NO2/c21-20(22,23)26-16-10-8-15(9-11-16)24-13-12-19(25)18-7-3-5-14-4-1-2-6-17(14)18/h1-13,24H/b13-12-. The molecule has 0 aliphatic rings. The average Bonchev–Trinajstić information content (AvgIpc) is 2.61. The number of carbonyl (C=O) groups is 1. The maximum atomic E-state index is 12.4. The van der Waals surface area contributed by atoms with Crippen LogP contribution in [0.3, 0.4) is 0 Å². The van der Waals surface area contributed by atoms with E-state index in [4.69, 9.17) is 0 Å². The van der Waals surface area contributed by atoms with E-state index in [0.717, 1.165) is 10.8 Å². The quantitative estimate of drug-likeness (QED) is 0.481. The fourth-order valence-electron chi connectivity index (χ4n) is 2.50. The third-order valence-electron chi connectivity index (χ3n) is 3.63. The first-order valence-corrected chi connectivity index (χ1v) is 7.73. The fourth-order valence-corrected chi connectivity index (χ4v) is 2.50. The first-order valence-electron chi connectivity index (χ1n) is 7.73. The van der Waals surface area contributed by atoms with E-state index in [0.29, 0.717) is 11.3 Å². The molecule has 0 atom stereocenters. The molecule has 3 aromatic carbocycles. The summed E-state index contributed by atoms with van der Waals surface area (Å²) in [5.41, 5.74) is 1.11. The minimum absolute atomic E-state index is 0.175. The van der Waals surface area contributed by atoms with Crippen molar-refractivity contribution in [2.75, 3.05) is 5.32 Å². The number of anilines is 1. The molecule has 6 heteroatoms. The van der Waals surface area contributed by atoms with Crippen molar-refractivity contribution in [1.29, 1.82) is 0 Å². The smallest absolute Gasteiger partial charge is 0.406 e. The zero-order valence-corrected chi connectivity index (χ0v) is 13.5. The molecule has 0 saturated carbocycles. The topological polar surface area (TPSA) is 38.3 Å². The maximum Gasteiger partial charge on any atom is 0.573 e. The van der Waals surface area contributed by atoms with Gasteiger partial charge < -0.3 is 10.1 Å². The summed E-state index contributed by atoms with van der Waals surface area (Å²) in [4.78, 5) is 12.4. The van der Waals surface area contributed by atoms with Crippen molar-refractivity contribution in [1.82, 2.24) is 0 Å². The van der Waals surface area contributed by atoms with Gasteiger partial charge in [-0.05, 0) is 35.0 Å². The van der Waals surface area contributed by atoms with Gasteiger partial charge in [-0.2, -0.15) is 0 Å². The minimum atomic E-state index is -4.72. The fraction of sp³-hybridized carbons (Fsp3) is 0.0500. The number of ketones is 1. The Morgan fingerprint density at radius 2 is 1.62 bits per heavy atom. The molecule has 132 valence electrons. The van der Waals surface area contributed by atoms with Gasteiger partial charge in [0.25, 0.3) is 0 Å². The Bertz CT molecular complexity index is 942. The highest BCUT2D eigenvalue weighted by Gasteiger charge is 2.30. The van der Waals surface area contributed by atoms with E-state index >= 15 is 0 Å². The van der Waals surface area contributed by atoms with Crippen LogP contribution in [0.4, 0.5) is 18.9 Å². The highest BCUT2D eigenvalue weighted by Crippen LogP contribution is 2.24. The lowest BCUT2D eigenvalue weighted by atomic mass is 10.0. The van der Waals surface area contributed by atoms with Crippen molar-refractivity contribution >= 4 is 22.2 Å². The number of hydrogen-bond donors (Lipinski definition) is 1. The third kappa shape index (κ3) is 4.42. The molecule has 0 amide bonds. The van der Waals surface area contributed by atoms with E-state index in [9.17, 15) is 18.0 Å². The van der Waals surface area contributed by atoms with Gasteiger partial charge in [0.2, 0.25) is 0 Å². The molecule has 0 bridgehead atoms. The molecule has 0 aliphatic heterocycles. The molecule has 3 nitrogen and oxygen atoms in total. The third-order valence-corrected chi connectivity index (χ3v) is 3.63. The number of rotatable bonds is 5. The van der Waals surface area contributed by atoms with Gasteiger partial charge in [-0.3, -0.25) is 4.79 Å². The molecule has 0 heterocycles. The van der Waals surface area contributed by atoms with E-state index in [2.05, 4.69) is 10.1 Å². The monoisotopic (exact) mass is 357 g/mol. The van der Waals surface area contributed by atoms with Crippen molar-refractivity contribution in [2.24, 2.45) is 0 Å². The maximum absolute atomic E-state index is 12.4. The molecule has 26 heavy (non-hydrogen) atoms. The first-order chi connectivity index (χ1) is 12.4. The molecule has 3 rings (SSSR count). The minimum Gasteiger partial charge on any atom is -0.406 e. The zero-order chi connectivity index (χ0) is 18.6. The van der Waals surface area contributed by atoms with Gasteiger partial charge in [0.15, 0.2) is 5.78 Å². The Labute approximate surface area is 147 Å². The summed E-state index contributed by atoms with van der Waals surface area (Å²) in [5.74, 6) is -0.481. The summed E-state index contributed by atoms with van der Waals surface area (Å²) < 4.78 is 40.2. The van der Waals surface area contributed by atoms with Crippen LogP contribution in [0.5, 0.6) is 5.75 Å². The number of ether oxygens (including phenoxy) is 1. The van der Waals surface area contributed by atoms with Gasteiger partial charge in [-0.25, -0.2) is 0 Å². The van der Waals surface area contributed by atoms with Gasteiger partial charge in [-0.1, -0.05) is 42.5 Å². The van der Waals surface area contributed by atoms with Crippen LogP contribution in [0.15, 0.2) is 79.0 Å². The Hall–Kier alpha value is -3.28. The summed E-state index contributed by atoms with van der Waals surface area (Å²) in [6.45, 7) is 0. The van der Waals surface area contributed by atoms with Crippen LogP contribution in [-0.4, -0.2) is 12.1 Å². The van der Waals surface area contributed by atoms with Crippen LogP contribution >= 0.6 is 0 Å². The molecule has 0 aromatic heterocycles. The highest BCUT2D eigenvalue weighted by molar-refractivity contribution is 6.13. The first kappa shape index (κ1) is 17.5. The van der Waals surface area contributed by atoms with Crippen molar-refractivity contribution in [3.8, 4) is 5.75 Å². The van der Waals surface area contributed by atoms with Crippen LogP contribution in [0, 0.1) is 0 Å². The van der Waals surface area contributed by atoms with E-state index < -0.39 is 6.36 Å². The Morgan fingerprint density at radius 1 is 0.923 bits per heavy atom. The van der Waals surface area contributed by atoms with Crippen molar-refractivity contribution < 1.29 is 22.7 Å². The van der Waals surface area contributed by atoms with Crippen LogP contribution in [0.1, 0.15) is 10.4 Å². The molecular weight excluding hydrogens is 343 g/mol. The Kier molecular flexibility index (Phi) is 4.93. The molecular formula is C20H14F3NO2. The molecule has 0 saturated heterocycles. The lowest BCUT2D eigenvalue weighted by Crippen LogP contribution is -2.16. The predicted octanol–water partition coefficient (Wildman–Crippen LogP) is 5.55. The molecule has 3 aromatic rings.